The Kier molecular flexibility index (Phi) is 8.68. The minimum atomic E-state index is -3.88. The summed E-state index contributed by atoms with van der Waals surface area (Å²) < 4.78 is 35.6. The second kappa shape index (κ2) is 9.16. The molecule has 8 nitrogen and oxygen atoms in total. The fourth-order valence-electron chi connectivity index (χ4n) is 0.854. The molecule has 102 valence electrons. The van der Waals surface area contributed by atoms with Crippen LogP contribution in [0.25, 0.3) is 0 Å². The van der Waals surface area contributed by atoms with Crippen LogP contribution in [0.5, 0.6) is 0 Å². The number of carbonyl (C=O) groups is 1. The van der Waals surface area contributed by atoms with E-state index in [4.69, 9.17) is 9.84 Å². The molecule has 9 heteroatoms. The van der Waals surface area contributed by atoms with Crippen molar-refractivity contribution in [1.29, 1.82) is 0 Å². The highest BCUT2D eigenvalue weighted by atomic mass is 32.2. The van der Waals surface area contributed by atoms with Gasteiger partial charge in [-0.25, -0.2) is 9.52 Å². The van der Waals surface area contributed by atoms with E-state index in [2.05, 4.69) is 9.46 Å². The van der Waals surface area contributed by atoms with Crippen LogP contribution in [0.4, 0.5) is 4.79 Å². The average molecular weight is 270 g/mol. The largest absolute Gasteiger partial charge is 0.449 e. The molecule has 0 atom stereocenters. The highest BCUT2D eigenvalue weighted by Crippen LogP contribution is 1.85. The van der Waals surface area contributed by atoms with Crippen molar-refractivity contribution in [1.82, 2.24) is 9.44 Å². The molecular formula is C8H18N2O6S. The molecule has 0 aliphatic carbocycles. The Morgan fingerprint density at radius 3 is 2.65 bits per heavy atom. The van der Waals surface area contributed by atoms with Gasteiger partial charge in [0.05, 0.1) is 19.8 Å². The predicted molar refractivity (Wildman–Crippen MR) is 59.6 cm³/mol. The van der Waals surface area contributed by atoms with E-state index in [9.17, 15) is 13.2 Å². The van der Waals surface area contributed by atoms with Gasteiger partial charge < -0.3 is 14.6 Å². The Hall–Kier alpha value is -0.900. The van der Waals surface area contributed by atoms with E-state index in [0.29, 0.717) is 13.0 Å². The molecule has 3 N–H and O–H groups in total. The summed E-state index contributed by atoms with van der Waals surface area (Å²) >= 11 is 0. The van der Waals surface area contributed by atoms with Crippen LogP contribution in [-0.2, 0) is 19.7 Å². The first-order valence-electron chi connectivity index (χ1n) is 5.14. The van der Waals surface area contributed by atoms with Crippen molar-refractivity contribution in [2.75, 3.05) is 33.0 Å². The van der Waals surface area contributed by atoms with Crippen molar-refractivity contribution in [3.63, 3.8) is 0 Å². The molecule has 0 aromatic heterocycles. The van der Waals surface area contributed by atoms with Crippen LogP contribution in [0.3, 0.4) is 0 Å². The Bertz CT molecular complexity index is 305. The van der Waals surface area contributed by atoms with E-state index in [1.54, 1.807) is 11.6 Å². The lowest BCUT2D eigenvalue weighted by Gasteiger charge is -2.08. The third kappa shape index (κ3) is 10.00. The molecule has 0 fully saturated rings. The number of carbonyl (C=O) groups excluding carboxylic acids is 1. The van der Waals surface area contributed by atoms with Crippen LogP contribution < -0.4 is 9.44 Å². The molecule has 0 aliphatic rings. The lowest BCUT2D eigenvalue weighted by atomic mass is 10.5. The zero-order chi connectivity index (χ0) is 13.1. The summed E-state index contributed by atoms with van der Waals surface area (Å²) in [4.78, 5) is 10.8. The van der Waals surface area contributed by atoms with Gasteiger partial charge in [-0.2, -0.15) is 13.1 Å². The normalized spacial score (nSPS) is 11.2. The molecule has 0 heterocycles. The van der Waals surface area contributed by atoms with Crippen molar-refractivity contribution in [2.45, 2.75) is 13.3 Å². The van der Waals surface area contributed by atoms with Gasteiger partial charge >= 0.3 is 16.3 Å². The van der Waals surface area contributed by atoms with Crippen LogP contribution in [0, 0.1) is 0 Å². The lowest BCUT2D eigenvalue weighted by Crippen LogP contribution is -2.41. The van der Waals surface area contributed by atoms with Gasteiger partial charge in [-0.15, -0.1) is 0 Å². The molecule has 0 unspecified atom stereocenters. The number of nitrogens with one attached hydrogen (secondary N) is 2. The van der Waals surface area contributed by atoms with Gasteiger partial charge in [0, 0.05) is 13.2 Å². The van der Waals surface area contributed by atoms with E-state index in [0.717, 1.165) is 0 Å². The molecule has 0 radical (unpaired) electrons. The molecule has 0 aromatic rings. The second-order valence-electron chi connectivity index (χ2n) is 2.91. The fourth-order valence-corrected chi connectivity index (χ4v) is 1.62. The minimum absolute atomic E-state index is 0.0733. The Morgan fingerprint density at radius 1 is 1.35 bits per heavy atom. The number of rotatable bonds is 9. The molecule has 17 heavy (non-hydrogen) atoms. The fraction of sp³-hybridized carbons (Fsp3) is 0.875. The summed E-state index contributed by atoms with van der Waals surface area (Å²) in [5, 5.41) is 8.40. The van der Waals surface area contributed by atoms with Gasteiger partial charge in [0.1, 0.15) is 0 Å². The number of amides is 1. The SMILES string of the molecule is CCOC(=O)NS(=O)(=O)NCCCOCCO. The van der Waals surface area contributed by atoms with Crippen molar-refractivity contribution < 1.29 is 27.8 Å². The molecule has 0 aliphatic heterocycles. The molecule has 0 aromatic carbocycles. The third-order valence-corrected chi connectivity index (χ3v) is 2.51. The smallest absolute Gasteiger partial charge is 0.421 e. The molecule has 0 saturated carbocycles. The summed E-state index contributed by atoms with van der Waals surface area (Å²) in [5.41, 5.74) is 0. The van der Waals surface area contributed by atoms with E-state index < -0.39 is 16.3 Å². The number of hydrogen-bond donors (Lipinski definition) is 3. The van der Waals surface area contributed by atoms with Crippen LogP contribution >= 0.6 is 0 Å². The third-order valence-electron chi connectivity index (χ3n) is 1.49. The van der Waals surface area contributed by atoms with Gasteiger partial charge in [-0.3, -0.25) is 0 Å². The van der Waals surface area contributed by atoms with Gasteiger partial charge in [0.2, 0.25) is 0 Å². The van der Waals surface area contributed by atoms with Crippen LogP contribution in [-0.4, -0.2) is 52.6 Å². The van der Waals surface area contributed by atoms with Gasteiger partial charge in [-0.1, -0.05) is 0 Å². The summed E-state index contributed by atoms with van der Waals surface area (Å²) in [6.07, 6.45) is -0.583. The monoisotopic (exact) mass is 270 g/mol. The van der Waals surface area contributed by atoms with Crippen molar-refractivity contribution in [3.8, 4) is 0 Å². The Labute approximate surface area is 100 Å². The lowest BCUT2D eigenvalue weighted by molar-refractivity contribution is 0.0913. The van der Waals surface area contributed by atoms with E-state index in [1.165, 1.54) is 0 Å². The Morgan fingerprint density at radius 2 is 2.06 bits per heavy atom. The molecule has 0 bridgehead atoms. The standard InChI is InChI=1S/C8H18N2O6S/c1-2-16-8(12)10-17(13,14)9-4-3-6-15-7-5-11/h9,11H,2-7H2,1H3,(H,10,12). The molecular weight excluding hydrogens is 252 g/mol. The minimum Gasteiger partial charge on any atom is -0.449 e. The zero-order valence-corrected chi connectivity index (χ0v) is 10.5. The highest BCUT2D eigenvalue weighted by Gasteiger charge is 2.13. The van der Waals surface area contributed by atoms with Crippen LogP contribution in [0.1, 0.15) is 13.3 Å². The second-order valence-corrected chi connectivity index (χ2v) is 4.41. The first kappa shape index (κ1) is 16.1. The van der Waals surface area contributed by atoms with Gasteiger partial charge in [0.15, 0.2) is 0 Å². The van der Waals surface area contributed by atoms with E-state index in [1.807, 2.05) is 0 Å². The summed E-state index contributed by atoms with van der Waals surface area (Å²) in [6.45, 7) is 2.25. The molecule has 1 amide bonds. The molecule has 0 rings (SSSR count). The van der Waals surface area contributed by atoms with Gasteiger partial charge in [-0.05, 0) is 13.3 Å². The number of ether oxygens (including phenoxy) is 2. The zero-order valence-electron chi connectivity index (χ0n) is 9.64. The average Bonchev–Trinajstić information content (AvgIpc) is 2.22. The molecule has 0 spiro atoms. The quantitative estimate of drug-likeness (QED) is 0.461. The summed E-state index contributed by atoms with van der Waals surface area (Å²) in [6, 6.07) is 0. The first-order valence-corrected chi connectivity index (χ1v) is 6.63. The van der Waals surface area contributed by atoms with Crippen molar-refractivity contribution >= 4 is 16.3 Å². The number of hydrogen-bond acceptors (Lipinski definition) is 6. The van der Waals surface area contributed by atoms with Crippen molar-refractivity contribution in [3.05, 3.63) is 0 Å². The Balaban J connectivity index is 3.68. The maximum absolute atomic E-state index is 11.2. The maximum atomic E-state index is 11.2. The summed E-state index contributed by atoms with van der Waals surface area (Å²) in [7, 11) is -3.88. The van der Waals surface area contributed by atoms with Gasteiger partial charge in [0.25, 0.3) is 0 Å². The highest BCUT2D eigenvalue weighted by molar-refractivity contribution is 7.88. The van der Waals surface area contributed by atoms with Crippen LogP contribution in [0.2, 0.25) is 0 Å². The number of aliphatic hydroxyl groups excluding tert-OH is 1. The van der Waals surface area contributed by atoms with E-state index >= 15 is 0 Å². The summed E-state index contributed by atoms with van der Waals surface area (Å²) in [5.74, 6) is 0. The maximum Gasteiger partial charge on any atom is 0.421 e. The van der Waals surface area contributed by atoms with Crippen LogP contribution in [0.15, 0.2) is 0 Å². The molecule has 0 saturated heterocycles. The topological polar surface area (TPSA) is 114 Å². The van der Waals surface area contributed by atoms with Crippen molar-refractivity contribution in [2.24, 2.45) is 0 Å². The predicted octanol–water partition coefficient (Wildman–Crippen LogP) is -1.03. The number of aliphatic hydroxyl groups is 1. The first-order chi connectivity index (χ1) is 8.02. The van der Waals surface area contributed by atoms with E-state index in [-0.39, 0.29) is 26.4 Å².